The summed E-state index contributed by atoms with van der Waals surface area (Å²) in [5, 5.41) is 0.635. The summed E-state index contributed by atoms with van der Waals surface area (Å²) in [6.07, 6.45) is 1.67. The lowest BCUT2D eigenvalue weighted by Crippen LogP contribution is -2.31. The van der Waals surface area contributed by atoms with Gasteiger partial charge in [0.15, 0.2) is 0 Å². The summed E-state index contributed by atoms with van der Waals surface area (Å²) in [5.74, 6) is 1.15. The van der Waals surface area contributed by atoms with E-state index in [4.69, 9.17) is 16.3 Å². The van der Waals surface area contributed by atoms with Gasteiger partial charge in [-0.3, -0.25) is 9.69 Å². The minimum absolute atomic E-state index is 0.138. The molecule has 126 valence electrons. The van der Waals surface area contributed by atoms with Gasteiger partial charge in [0, 0.05) is 16.8 Å². The number of carbonyl (C=O) groups is 1. The van der Waals surface area contributed by atoms with Crippen molar-refractivity contribution in [3.63, 3.8) is 0 Å². The van der Waals surface area contributed by atoms with Crippen molar-refractivity contribution in [2.45, 2.75) is 6.54 Å². The molecule has 0 atom stereocenters. The van der Waals surface area contributed by atoms with E-state index in [1.165, 1.54) is 0 Å². The highest BCUT2D eigenvalue weighted by Gasteiger charge is 2.19. The molecule has 0 saturated carbocycles. The number of amides is 1. The summed E-state index contributed by atoms with van der Waals surface area (Å²) in [6, 6.07) is 20.0. The topological polar surface area (TPSA) is 42.4 Å². The average Bonchev–Trinajstić information content (AvgIpc) is 2.66. The molecule has 1 heterocycles. The number of halogens is 1. The lowest BCUT2D eigenvalue weighted by atomic mass is 10.1. The Balaban J connectivity index is 1.94. The molecule has 2 aromatic carbocycles. The van der Waals surface area contributed by atoms with Crippen LogP contribution in [-0.4, -0.2) is 18.0 Å². The van der Waals surface area contributed by atoms with E-state index in [-0.39, 0.29) is 5.91 Å². The molecule has 0 N–H and O–H groups in total. The second-order valence-electron chi connectivity index (χ2n) is 5.44. The molecular weight excluding hydrogens is 336 g/mol. The number of methoxy groups -OCH3 is 1. The van der Waals surface area contributed by atoms with E-state index >= 15 is 0 Å². The van der Waals surface area contributed by atoms with Gasteiger partial charge in [-0.1, -0.05) is 29.8 Å². The second kappa shape index (κ2) is 7.81. The Morgan fingerprint density at radius 2 is 1.88 bits per heavy atom. The molecule has 0 radical (unpaired) electrons. The summed E-state index contributed by atoms with van der Waals surface area (Å²) in [7, 11) is 1.59. The predicted octanol–water partition coefficient (Wildman–Crippen LogP) is 4.59. The normalized spacial score (nSPS) is 10.3. The van der Waals surface area contributed by atoms with Crippen molar-refractivity contribution in [1.29, 1.82) is 0 Å². The Kier molecular flexibility index (Phi) is 5.31. The number of hydrogen-bond acceptors (Lipinski definition) is 3. The first-order chi connectivity index (χ1) is 12.2. The Hall–Kier alpha value is -2.85. The number of benzene rings is 2. The van der Waals surface area contributed by atoms with Gasteiger partial charge in [-0.05, 0) is 54.1 Å². The van der Waals surface area contributed by atoms with Gasteiger partial charge in [-0.25, -0.2) is 4.98 Å². The fourth-order valence-electron chi connectivity index (χ4n) is 2.48. The fourth-order valence-corrected chi connectivity index (χ4v) is 2.69. The van der Waals surface area contributed by atoms with Gasteiger partial charge in [-0.2, -0.15) is 0 Å². The molecule has 0 aliphatic carbocycles. The minimum Gasteiger partial charge on any atom is -0.497 e. The number of nitrogens with zero attached hydrogens (tertiary/aromatic N) is 2. The molecule has 5 heteroatoms. The van der Waals surface area contributed by atoms with Gasteiger partial charge in [0.2, 0.25) is 0 Å². The maximum absolute atomic E-state index is 13.0. The van der Waals surface area contributed by atoms with Crippen LogP contribution in [0.5, 0.6) is 5.75 Å². The Labute approximate surface area is 151 Å². The van der Waals surface area contributed by atoms with Gasteiger partial charge in [0.05, 0.1) is 13.7 Å². The van der Waals surface area contributed by atoms with E-state index in [9.17, 15) is 4.79 Å². The molecular formula is C20H17ClN2O2. The number of aromatic nitrogens is 1. The van der Waals surface area contributed by atoms with Crippen LogP contribution in [0.25, 0.3) is 0 Å². The van der Waals surface area contributed by atoms with Gasteiger partial charge in [0.1, 0.15) is 11.6 Å². The quantitative estimate of drug-likeness (QED) is 0.674. The highest BCUT2D eigenvalue weighted by molar-refractivity contribution is 6.30. The number of ether oxygens (including phenoxy) is 1. The molecule has 0 bridgehead atoms. The highest BCUT2D eigenvalue weighted by Crippen LogP contribution is 2.21. The first kappa shape index (κ1) is 17.0. The average molecular weight is 353 g/mol. The van der Waals surface area contributed by atoms with Crippen molar-refractivity contribution >= 4 is 23.3 Å². The van der Waals surface area contributed by atoms with Crippen molar-refractivity contribution < 1.29 is 9.53 Å². The number of anilines is 1. The Morgan fingerprint density at radius 1 is 1.08 bits per heavy atom. The minimum atomic E-state index is -0.138. The lowest BCUT2D eigenvalue weighted by molar-refractivity contribution is 0.0984. The summed E-state index contributed by atoms with van der Waals surface area (Å²) in [5.41, 5.74) is 1.49. The van der Waals surface area contributed by atoms with Crippen LogP contribution in [-0.2, 0) is 6.54 Å². The zero-order valence-corrected chi connectivity index (χ0v) is 14.5. The third-order valence-electron chi connectivity index (χ3n) is 3.74. The summed E-state index contributed by atoms with van der Waals surface area (Å²) in [6.45, 7) is 0.377. The molecule has 3 rings (SSSR count). The third kappa shape index (κ3) is 4.17. The molecule has 1 amide bonds. The van der Waals surface area contributed by atoms with Gasteiger partial charge in [0.25, 0.3) is 5.91 Å². The van der Waals surface area contributed by atoms with Crippen LogP contribution in [0.1, 0.15) is 15.9 Å². The van der Waals surface area contributed by atoms with Crippen molar-refractivity contribution in [2.75, 3.05) is 12.0 Å². The van der Waals surface area contributed by atoms with Crippen molar-refractivity contribution in [1.82, 2.24) is 4.98 Å². The highest BCUT2D eigenvalue weighted by atomic mass is 35.5. The van der Waals surface area contributed by atoms with Crippen molar-refractivity contribution in [3.8, 4) is 5.75 Å². The maximum atomic E-state index is 13.0. The largest absolute Gasteiger partial charge is 0.497 e. The third-order valence-corrected chi connectivity index (χ3v) is 3.97. The zero-order chi connectivity index (χ0) is 17.6. The van der Waals surface area contributed by atoms with E-state index in [0.29, 0.717) is 28.7 Å². The van der Waals surface area contributed by atoms with E-state index in [1.54, 1.807) is 42.5 Å². The van der Waals surface area contributed by atoms with Crippen LogP contribution in [0.15, 0.2) is 72.9 Å². The van der Waals surface area contributed by atoms with Crippen LogP contribution in [0, 0.1) is 0 Å². The molecule has 0 spiro atoms. The molecule has 4 nitrogen and oxygen atoms in total. The van der Waals surface area contributed by atoms with Crippen molar-refractivity contribution in [2.24, 2.45) is 0 Å². The number of pyridine rings is 1. The number of carbonyl (C=O) groups excluding carboxylic acids is 1. The number of rotatable bonds is 5. The number of hydrogen-bond donors (Lipinski definition) is 0. The Morgan fingerprint density at radius 3 is 2.52 bits per heavy atom. The smallest absolute Gasteiger partial charge is 0.259 e. The second-order valence-corrected chi connectivity index (χ2v) is 5.87. The van der Waals surface area contributed by atoms with E-state index < -0.39 is 0 Å². The summed E-state index contributed by atoms with van der Waals surface area (Å²) in [4.78, 5) is 19.0. The van der Waals surface area contributed by atoms with Crippen LogP contribution >= 0.6 is 11.6 Å². The monoisotopic (exact) mass is 352 g/mol. The molecule has 0 aliphatic heterocycles. The molecule has 0 aliphatic rings. The predicted molar refractivity (Wildman–Crippen MR) is 99.2 cm³/mol. The zero-order valence-electron chi connectivity index (χ0n) is 13.7. The first-order valence-corrected chi connectivity index (χ1v) is 8.16. The molecule has 0 saturated heterocycles. The van der Waals surface area contributed by atoms with Crippen LogP contribution < -0.4 is 9.64 Å². The molecule has 3 aromatic rings. The lowest BCUT2D eigenvalue weighted by Gasteiger charge is -2.22. The molecule has 0 fully saturated rings. The van der Waals surface area contributed by atoms with Gasteiger partial charge in [-0.15, -0.1) is 0 Å². The van der Waals surface area contributed by atoms with Gasteiger partial charge >= 0.3 is 0 Å². The van der Waals surface area contributed by atoms with E-state index in [0.717, 1.165) is 5.56 Å². The summed E-state index contributed by atoms with van der Waals surface area (Å²) >= 11 is 6.07. The van der Waals surface area contributed by atoms with Gasteiger partial charge < -0.3 is 4.74 Å². The summed E-state index contributed by atoms with van der Waals surface area (Å²) < 4.78 is 5.15. The van der Waals surface area contributed by atoms with Crippen molar-refractivity contribution in [3.05, 3.63) is 89.1 Å². The molecule has 25 heavy (non-hydrogen) atoms. The SMILES string of the molecule is COc1ccc(C(=O)N(Cc2cccc(Cl)c2)c2ccccn2)cc1. The molecule has 1 aromatic heterocycles. The van der Waals surface area contributed by atoms with E-state index in [1.807, 2.05) is 42.5 Å². The standard InChI is InChI=1S/C20H17ClN2O2/c1-25-18-10-8-16(9-11-18)20(24)23(19-7-2-3-12-22-19)14-15-5-4-6-17(21)13-15/h2-13H,14H2,1H3. The Bertz CT molecular complexity index is 851. The van der Waals surface area contributed by atoms with Crippen LogP contribution in [0.2, 0.25) is 5.02 Å². The molecule has 0 unspecified atom stereocenters. The maximum Gasteiger partial charge on any atom is 0.259 e. The fraction of sp³-hybridized carbons (Fsp3) is 0.100. The van der Waals surface area contributed by atoms with Crippen LogP contribution in [0.4, 0.5) is 5.82 Å². The van der Waals surface area contributed by atoms with Crippen LogP contribution in [0.3, 0.4) is 0 Å². The first-order valence-electron chi connectivity index (χ1n) is 7.79. The van der Waals surface area contributed by atoms with E-state index in [2.05, 4.69) is 4.98 Å².